The molecule has 0 N–H and O–H groups in total. The molecule has 0 radical (unpaired) electrons. The minimum Gasteiger partial charge on any atom is -0.277 e. The number of aromatic nitrogens is 3. The molecule has 0 saturated carbocycles. The second-order valence-corrected chi connectivity index (χ2v) is 10.9. The van der Waals surface area contributed by atoms with Gasteiger partial charge in [0.15, 0.2) is 0 Å². The predicted octanol–water partition coefficient (Wildman–Crippen LogP) is 9.04. The van der Waals surface area contributed by atoms with Crippen LogP contribution in [-0.4, -0.2) is 13.8 Å². The first-order valence-corrected chi connectivity index (χ1v) is 13.1. The van der Waals surface area contributed by atoms with Gasteiger partial charge in [-0.05, 0) is 94.8 Å². The third kappa shape index (κ3) is 2.69. The van der Waals surface area contributed by atoms with Gasteiger partial charge in [-0.1, -0.05) is 62.4 Å². The van der Waals surface area contributed by atoms with Gasteiger partial charge in [0.25, 0.3) is 0 Å². The number of para-hydroxylation sites is 2. The zero-order valence-corrected chi connectivity index (χ0v) is 21.5. The van der Waals surface area contributed by atoms with E-state index in [0.29, 0.717) is 5.92 Å². The van der Waals surface area contributed by atoms with Gasteiger partial charge in [-0.15, -0.1) is 0 Å². The van der Waals surface area contributed by atoms with Crippen LogP contribution in [0.4, 0.5) is 0 Å². The second kappa shape index (κ2) is 7.10. The molecule has 8 aromatic rings. The first-order chi connectivity index (χ1) is 18.0. The van der Waals surface area contributed by atoms with E-state index in [2.05, 4.69) is 121 Å². The molecule has 5 aromatic carbocycles. The molecule has 0 bridgehead atoms. The number of aryl methyl sites for hydroxylation is 2. The Morgan fingerprint density at radius 1 is 0.649 bits per heavy atom. The summed E-state index contributed by atoms with van der Waals surface area (Å²) in [5, 5.41) is 5.09. The number of fused-ring (bicyclic) bond motifs is 9. The van der Waals surface area contributed by atoms with Crippen molar-refractivity contribution in [3.8, 4) is 11.1 Å². The van der Waals surface area contributed by atoms with Gasteiger partial charge in [0.1, 0.15) is 0 Å². The van der Waals surface area contributed by atoms with Crippen LogP contribution in [0, 0.1) is 13.8 Å². The molecule has 178 valence electrons. The number of nitrogens with zero attached hydrogens (tertiary/aromatic N) is 3. The molecule has 0 spiro atoms. The number of hydrogen-bond donors (Lipinski definition) is 0. The Morgan fingerprint density at radius 3 is 2.11 bits per heavy atom. The average molecular weight is 478 g/mol. The van der Waals surface area contributed by atoms with Crippen molar-refractivity contribution in [3.63, 3.8) is 0 Å². The van der Waals surface area contributed by atoms with Crippen molar-refractivity contribution in [1.29, 1.82) is 0 Å². The van der Waals surface area contributed by atoms with Crippen molar-refractivity contribution in [1.82, 2.24) is 13.8 Å². The Bertz CT molecular complexity index is 2170. The molecule has 0 fully saturated rings. The molecule has 0 aliphatic heterocycles. The van der Waals surface area contributed by atoms with Crippen LogP contribution in [0.2, 0.25) is 0 Å². The molecule has 3 heteroatoms. The first kappa shape index (κ1) is 20.8. The summed E-state index contributed by atoms with van der Waals surface area (Å²) in [5.41, 5.74) is 12.5. The van der Waals surface area contributed by atoms with Crippen LogP contribution in [-0.2, 0) is 0 Å². The van der Waals surface area contributed by atoms with Gasteiger partial charge in [-0.25, -0.2) is 4.98 Å². The molecule has 3 heterocycles. The quantitative estimate of drug-likeness (QED) is 0.243. The van der Waals surface area contributed by atoms with E-state index in [1.807, 2.05) is 0 Å². The molecule has 37 heavy (non-hydrogen) atoms. The summed E-state index contributed by atoms with van der Waals surface area (Å²) in [4.78, 5) is 5.13. The maximum atomic E-state index is 5.13. The summed E-state index contributed by atoms with van der Waals surface area (Å²) >= 11 is 0. The molecule has 0 aliphatic carbocycles. The topological polar surface area (TPSA) is 21.7 Å². The fourth-order valence-electron chi connectivity index (χ4n) is 6.52. The molecule has 3 nitrogen and oxygen atoms in total. The third-order valence-corrected chi connectivity index (χ3v) is 8.20. The molecule has 0 atom stereocenters. The molecule has 0 amide bonds. The van der Waals surface area contributed by atoms with Crippen LogP contribution in [0.1, 0.15) is 36.5 Å². The van der Waals surface area contributed by atoms with Crippen molar-refractivity contribution in [2.45, 2.75) is 33.6 Å². The second-order valence-electron chi connectivity index (χ2n) is 10.9. The lowest BCUT2D eigenvalue weighted by molar-refractivity contribution is 0.863. The van der Waals surface area contributed by atoms with Gasteiger partial charge in [-0.2, -0.15) is 0 Å². The summed E-state index contributed by atoms with van der Waals surface area (Å²) in [5.74, 6) is 1.49. The molecular weight excluding hydrogens is 450 g/mol. The molecular formula is C34H27N3. The SMILES string of the molecule is Cc1cc(C(C)C)cc(C)c1-c1cc2c3cc4ccccc4cc3n3c2c(c1)n1c2ccccc2nc13. The van der Waals surface area contributed by atoms with E-state index in [4.69, 9.17) is 4.98 Å². The highest BCUT2D eigenvalue weighted by atomic mass is 15.2. The lowest BCUT2D eigenvalue weighted by atomic mass is 9.89. The van der Waals surface area contributed by atoms with Gasteiger partial charge < -0.3 is 0 Å². The number of imidazole rings is 2. The molecule has 3 aromatic heterocycles. The van der Waals surface area contributed by atoms with Crippen LogP contribution in [0.3, 0.4) is 0 Å². The normalized spacial score (nSPS) is 12.6. The van der Waals surface area contributed by atoms with Crippen LogP contribution in [0.25, 0.3) is 66.0 Å². The Labute approximate surface area is 214 Å². The van der Waals surface area contributed by atoms with Gasteiger partial charge >= 0.3 is 0 Å². The standard InChI is InChI=1S/C34H27N3/c1-19(2)24-13-20(3)32(21(4)14-24)25-16-27-26-15-22-9-5-6-10-23(22)17-30(26)37-33(27)31(18-25)36-29-12-8-7-11-28(29)35-34(36)37/h5-19H,1-4H3. The monoisotopic (exact) mass is 477 g/mol. The minimum atomic E-state index is 0.512. The zero-order chi connectivity index (χ0) is 25.0. The van der Waals surface area contributed by atoms with Gasteiger partial charge in [-0.3, -0.25) is 8.80 Å². The van der Waals surface area contributed by atoms with Crippen molar-refractivity contribution in [2.75, 3.05) is 0 Å². The van der Waals surface area contributed by atoms with Crippen LogP contribution < -0.4 is 0 Å². The number of benzene rings is 5. The summed E-state index contributed by atoms with van der Waals surface area (Å²) in [7, 11) is 0. The Morgan fingerprint density at radius 2 is 1.35 bits per heavy atom. The summed E-state index contributed by atoms with van der Waals surface area (Å²) in [6.45, 7) is 9.05. The van der Waals surface area contributed by atoms with E-state index in [1.54, 1.807) is 0 Å². The lowest BCUT2D eigenvalue weighted by Gasteiger charge is -2.15. The first-order valence-electron chi connectivity index (χ1n) is 13.1. The smallest absolute Gasteiger partial charge is 0.220 e. The predicted molar refractivity (Wildman–Crippen MR) is 156 cm³/mol. The van der Waals surface area contributed by atoms with Crippen molar-refractivity contribution < 1.29 is 0 Å². The minimum absolute atomic E-state index is 0.512. The van der Waals surface area contributed by atoms with Crippen LogP contribution in [0.15, 0.2) is 84.9 Å². The van der Waals surface area contributed by atoms with E-state index < -0.39 is 0 Å². The Balaban J connectivity index is 1.59. The highest BCUT2D eigenvalue weighted by Crippen LogP contribution is 2.42. The fraction of sp³-hybridized carbons (Fsp3) is 0.147. The van der Waals surface area contributed by atoms with Crippen molar-refractivity contribution in [2.24, 2.45) is 0 Å². The number of rotatable bonds is 2. The van der Waals surface area contributed by atoms with E-state index >= 15 is 0 Å². The van der Waals surface area contributed by atoms with Crippen LogP contribution in [0.5, 0.6) is 0 Å². The third-order valence-electron chi connectivity index (χ3n) is 8.20. The van der Waals surface area contributed by atoms with E-state index in [1.165, 1.54) is 65.9 Å². The van der Waals surface area contributed by atoms with E-state index in [0.717, 1.165) is 16.8 Å². The number of hydrogen-bond acceptors (Lipinski definition) is 1. The average Bonchev–Trinajstić information content (AvgIpc) is 3.52. The highest BCUT2D eigenvalue weighted by molar-refractivity contribution is 6.19. The molecule has 8 rings (SSSR count). The Hall–Kier alpha value is -4.37. The molecule has 0 unspecified atom stereocenters. The fourth-order valence-corrected chi connectivity index (χ4v) is 6.52. The van der Waals surface area contributed by atoms with E-state index in [9.17, 15) is 0 Å². The van der Waals surface area contributed by atoms with Gasteiger partial charge in [0.05, 0.1) is 27.6 Å². The van der Waals surface area contributed by atoms with Gasteiger partial charge in [0, 0.05) is 10.8 Å². The van der Waals surface area contributed by atoms with Crippen molar-refractivity contribution >= 4 is 54.9 Å². The Kier molecular flexibility index (Phi) is 3.99. The largest absolute Gasteiger partial charge is 0.277 e. The maximum Gasteiger partial charge on any atom is 0.220 e. The summed E-state index contributed by atoms with van der Waals surface area (Å²) < 4.78 is 4.72. The zero-order valence-electron chi connectivity index (χ0n) is 21.5. The highest BCUT2D eigenvalue weighted by Gasteiger charge is 2.23. The maximum absolute atomic E-state index is 5.13. The molecule has 0 saturated heterocycles. The van der Waals surface area contributed by atoms with Crippen LogP contribution >= 0.6 is 0 Å². The summed E-state index contributed by atoms with van der Waals surface area (Å²) in [6, 6.07) is 31.3. The van der Waals surface area contributed by atoms with Gasteiger partial charge in [0.2, 0.25) is 5.78 Å². The lowest BCUT2D eigenvalue weighted by Crippen LogP contribution is -1.95. The molecule has 0 aliphatic rings. The van der Waals surface area contributed by atoms with E-state index in [-0.39, 0.29) is 0 Å². The van der Waals surface area contributed by atoms with Crippen molar-refractivity contribution in [3.05, 3.63) is 102 Å². The summed E-state index contributed by atoms with van der Waals surface area (Å²) in [6.07, 6.45) is 0.